The van der Waals surface area contributed by atoms with Gasteiger partial charge in [-0.15, -0.1) is 0 Å². The molecule has 1 aromatic carbocycles. The van der Waals surface area contributed by atoms with Gasteiger partial charge in [0.15, 0.2) is 6.29 Å². The van der Waals surface area contributed by atoms with Gasteiger partial charge in [0.2, 0.25) is 0 Å². The Morgan fingerprint density at radius 1 is 1.53 bits per heavy atom. The molecule has 0 aliphatic rings. The molecule has 0 amide bonds. The van der Waals surface area contributed by atoms with Crippen LogP contribution < -0.4 is 4.74 Å². The molecule has 0 bridgehead atoms. The third-order valence-electron chi connectivity index (χ3n) is 2.23. The summed E-state index contributed by atoms with van der Waals surface area (Å²) in [6, 6.07) is 5.17. The van der Waals surface area contributed by atoms with Crippen LogP contribution in [-0.2, 0) is 6.61 Å². The topological polar surface area (TPSA) is 59.7 Å². The van der Waals surface area contributed by atoms with Gasteiger partial charge in [0.25, 0.3) is 0 Å². The maximum Gasteiger partial charge on any atom is 0.157 e. The molecular weight excluding hydrogens is 196 g/mol. The van der Waals surface area contributed by atoms with E-state index in [1.165, 1.54) is 7.11 Å². The summed E-state index contributed by atoms with van der Waals surface area (Å²) in [6.45, 7) is -0.185. The second kappa shape index (κ2) is 3.74. The normalized spacial score (nSPS) is 10.5. The highest BCUT2D eigenvalue weighted by molar-refractivity contribution is 5.97. The lowest BCUT2D eigenvalue weighted by Gasteiger charge is -2.02. The lowest BCUT2D eigenvalue weighted by molar-refractivity contribution is 0.112. The summed E-state index contributed by atoms with van der Waals surface area (Å²) < 4.78 is 10.4. The molecule has 2 rings (SSSR count). The number of aliphatic hydroxyl groups is 1. The minimum Gasteiger partial charge on any atom is -0.496 e. The van der Waals surface area contributed by atoms with Crippen LogP contribution in [0.4, 0.5) is 0 Å². The van der Waals surface area contributed by atoms with Crippen LogP contribution >= 0.6 is 0 Å². The summed E-state index contributed by atoms with van der Waals surface area (Å²) in [5.74, 6) is 0.901. The molecule has 0 saturated heterocycles. The van der Waals surface area contributed by atoms with Gasteiger partial charge in [-0.2, -0.15) is 0 Å². The van der Waals surface area contributed by atoms with E-state index in [4.69, 9.17) is 14.3 Å². The van der Waals surface area contributed by atoms with Crippen molar-refractivity contribution in [2.24, 2.45) is 0 Å². The lowest BCUT2D eigenvalue weighted by Crippen LogP contribution is -1.90. The van der Waals surface area contributed by atoms with Crippen LogP contribution in [0.3, 0.4) is 0 Å². The van der Waals surface area contributed by atoms with Gasteiger partial charge in [-0.3, -0.25) is 4.79 Å². The van der Waals surface area contributed by atoms with Gasteiger partial charge >= 0.3 is 0 Å². The van der Waals surface area contributed by atoms with E-state index in [1.54, 1.807) is 18.2 Å². The predicted molar refractivity (Wildman–Crippen MR) is 54.1 cm³/mol. The van der Waals surface area contributed by atoms with Gasteiger partial charge in [-0.05, 0) is 18.2 Å². The smallest absolute Gasteiger partial charge is 0.157 e. The lowest BCUT2D eigenvalue weighted by atomic mass is 10.1. The van der Waals surface area contributed by atoms with Crippen molar-refractivity contribution >= 4 is 17.3 Å². The highest BCUT2D eigenvalue weighted by atomic mass is 16.5. The Bertz CT molecular complexity index is 499. The zero-order chi connectivity index (χ0) is 10.8. The number of aldehydes is 1. The first-order valence-corrected chi connectivity index (χ1v) is 4.45. The third kappa shape index (κ3) is 1.49. The molecule has 0 saturated carbocycles. The largest absolute Gasteiger partial charge is 0.496 e. The van der Waals surface area contributed by atoms with Crippen molar-refractivity contribution in [2.45, 2.75) is 6.61 Å². The molecule has 0 atom stereocenters. The molecule has 0 fully saturated rings. The van der Waals surface area contributed by atoms with E-state index < -0.39 is 0 Å². The van der Waals surface area contributed by atoms with E-state index in [9.17, 15) is 4.79 Å². The second-order valence-electron chi connectivity index (χ2n) is 3.09. The number of hydrogen-bond donors (Lipinski definition) is 1. The zero-order valence-corrected chi connectivity index (χ0v) is 8.19. The van der Waals surface area contributed by atoms with Crippen LogP contribution in [0, 0.1) is 0 Å². The van der Waals surface area contributed by atoms with Crippen LogP contribution in [0.2, 0.25) is 0 Å². The third-order valence-corrected chi connectivity index (χ3v) is 2.23. The Labute approximate surface area is 86.1 Å². The van der Waals surface area contributed by atoms with E-state index in [1.807, 2.05) is 0 Å². The molecule has 4 nitrogen and oxygen atoms in total. The quantitative estimate of drug-likeness (QED) is 0.777. The van der Waals surface area contributed by atoms with Gasteiger partial charge in [-0.1, -0.05) is 0 Å². The number of hydrogen-bond acceptors (Lipinski definition) is 4. The SMILES string of the molecule is COc1ccc2cc(CO)oc2c1C=O. The first kappa shape index (κ1) is 9.73. The number of rotatable bonds is 3. The number of carbonyl (C=O) groups excluding carboxylic acids is 1. The van der Waals surface area contributed by atoms with E-state index in [-0.39, 0.29) is 6.61 Å². The molecule has 15 heavy (non-hydrogen) atoms. The molecule has 1 heterocycles. The maximum atomic E-state index is 10.9. The molecule has 2 aromatic rings. The average molecular weight is 206 g/mol. The minimum absolute atomic E-state index is 0.185. The number of ether oxygens (including phenoxy) is 1. The van der Waals surface area contributed by atoms with Gasteiger partial charge in [0.05, 0.1) is 12.7 Å². The fourth-order valence-corrected chi connectivity index (χ4v) is 1.53. The van der Waals surface area contributed by atoms with E-state index >= 15 is 0 Å². The zero-order valence-electron chi connectivity index (χ0n) is 8.19. The Morgan fingerprint density at radius 2 is 2.33 bits per heavy atom. The van der Waals surface area contributed by atoms with Crippen molar-refractivity contribution in [3.63, 3.8) is 0 Å². The van der Waals surface area contributed by atoms with Crippen LogP contribution in [0.15, 0.2) is 22.6 Å². The van der Waals surface area contributed by atoms with Crippen molar-refractivity contribution in [3.05, 3.63) is 29.5 Å². The number of carbonyl (C=O) groups is 1. The average Bonchev–Trinajstić information content (AvgIpc) is 2.70. The van der Waals surface area contributed by atoms with Gasteiger partial charge < -0.3 is 14.3 Å². The summed E-state index contributed by atoms with van der Waals surface area (Å²) in [5.41, 5.74) is 0.822. The molecule has 0 unspecified atom stereocenters. The highest BCUT2D eigenvalue weighted by Crippen LogP contribution is 2.29. The van der Waals surface area contributed by atoms with Crippen LogP contribution in [-0.4, -0.2) is 18.5 Å². The van der Waals surface area contributed by atoms with Crippen LogP contribution in [0.25, 0.3) is 11.0 Å². The standard InChI is InChI=1S/C11H10O4/c1-14-10-3-2-7-4-8(5-12)15-11(7)9(10)6-13/h2-4,6,12H,5H2,1H3. The first-order valence-electron chi connectivity index (χ1n) is 4.45. The molecule has 0 spiro atoms. The van der Waals surface area contributed by atoms with Crippen molar-refractivity contribution in [2.75, 3.05) is 7.11 Å². The fourth-order valence-electron chi connectivity index (χ4n) is 1.53. The van der Waals surface area contributed by atoms with Crippen LogP contribution in [0.1, 0.15) is 16.1 Å². The number of aliphatic hydroxyl groups excluding tert-OH is 1. The number of benzene rings is 1. The van der Waals surface area contributed by atoms with Crippen LogP contribution in [0.5, 0.6) is 5.75 Å². The monoisotopic (exact) mass is 206 g/mol. The Kier molecular flexibility index (Phi) is 2.43. The van der Waals surface area contributed by atoms with E-state index in [0.29, 0.717) is 28.9 Å². The Balaban J connectivity index is 2.74. The van der Waals surface area contributed by atoms with Crippen molar-refractivity contribution < 1.29 is 19.1 Å². The van der Waals surface area contributed by atoms with E-state index in [2.05, 4.69) is 0 Å². The summed E-state index contributed by atoms with van der Waals surface area (Å²) in [5, 5.41) is 9.69. The number of fused-ring (bicyclic) bond motifs is 1. The minimum atomic E-state index is -0.185. The second-order valence-corrected chi connectivity index (χ2v) is 3.09. The highest BCUT2D eigenvalue weighted by Gasteiger charge is 2.12. The predicted octanol–water partition coefficient (Wildman–Crippen LogP) is 1.75. The van der Waals surface area contributed by atoms with Gasteiger partial charge in [0.1, 0.15) is 23.7 Å². The Morgan fingerprint density at radius 3 is 2.93 bits per heavy atom. The number of furan rings is 1. The maximum absolute atomic E-state index is 10.9. The van der Waals surface area contributed by atoms with Crippen molar-refractivity contribution in [3.8, 4) is 5.75 Å². The van der Waals surface area contributed by atoms with Gasteiger partial charge in [-0.25, -0.2) is 0 Å². The molecule has 1 N–H and O–H groups in total. The molecule has 4 heteroatoms. The summed E-state index contributed by atoms with van der Waals surface area (Å²) in [6.07, 6.45) is 0.686. The molecule has 0 radical (unpaired) electrons. The first-order chi connectivity index (χ1) is 7.30. The summed E-state index contributed by atoms with van der Waals surface area (Å²) >= 11 is 0. The Hall–Kier alpha value is -1.81. The molecule has 78 valence electrons. The molecular formula is C11H10O4. The summed E-state index contributed by atoms with van der Waals surface area (Å²) in [7, 11) is 1.49. The van der Waals surface area contributed by atoms with E-state index in [0.717, 1.165) is 5.39 Å². The summed E-state index contributed by atoms with van der Waals surface area (Å²) in [4.78, 5) is 10.9. The molecule has 0 aliphatic heterocycles. The molecule has 0 aliphatic carbocycles. The van der Waals surface area contributed by atoms with Gasteiger partial charge in [0, 0.05) is 5.39 Å². The fraction of sp³-hybridized carbons (Fsp3) is 0.182. The number of methoxy groups -OCH3 is 1. The van der Waals surface area contributed by atoms with Crippen molar-refractivity contribution in [1.82, 2.24) is 0 Å². The molecule has 1 aromatic heterocycles. The van der Waals surface area contributed by atoms with Crippen molar-refractivity contribution in [1.29, 1.82) is 0 Å².